The number of benzene rings is 2. The number of aryl methyl sites for hydroxylation is 4. The van der Waals surface area contributed by atoms with Gasteiger partial charge in [0.2, 0.25) is 0 Å². The molecule has 10 heteroatoms. The van der Waals surface area contributed by atoms with Crippen molar-refractivity contribution >= 4 is 33.1 Å². The molecular weight excluding hydrogens is 763 g/mol. The van der Waals surface area contributed by atoms with Gasteiger partial charge in [-0.05, 0) is 135 Å². The third-order valence-electron chi connectivity index (χ3n) is 12.6. The first-order valence-electron chi connectivity index (χ1n) is 22.4. The minimum absolute atomic E-state index is 0.0881. The Kier molecular flexibility index (Phi) is 12.3. The van der Waals surface area contributed by atoms with E-state index in [2.05, 4.69) is 103 Å². The predicted octanol–water partition coefficient (Wildman–Crippen LogP) is 14.3. The van der Waals surface area contributed by atoms with Crippen LogP contribution in [0.15, 0.2) is 54.6 Å². The quantitative estimate of drug-likeness (QED) is 0.130. The van der Waals surface area contributed by atoms with Gasteiger partial charge in [0, 0.05) is 34.0 Å². The van der Waals surface area contributed by atoms with Gasteiger partial charge < -0.3 is 9.13 Å². The number of aromatic nitrogens is 8. The lowest BCUT2D eigenvalue weighted by molar-refractivity contribution is 0.589. The molecule has 0 amide bonds. The first-order chi connectivity index (χ1) is 29.1. The molecule has 0 fully saturated rings. The minimum Gasteiger partial charge on any atom is -0.334 e. The van der Waals surface area contributed by atoms with Gasteiger partial charge >= 0.3 is 0 Å². The molecule has 322 valence electrons. The number of imidazole rings is 2. The Labute approximate surface area is 360 Å². The number of hydrogen-bond acceptors (Lipinski definition) is 4. The molecule has 8 aromatic rings. The Bertz CT molecular complexity index is 2880. The summed E-state index contributed by atoms with van der Waals surface area (Å²) in [6.45, 7) is 29.8. The smallest absolute Gasteiger partial charge is 0.158 e. The summed E-state index contributed by atoms with van der Waals surface area (Å²) in [6.07, 6.45) is 4.25. The second-order valence-corrected chi connectivity index (χ2v) is 17.8. The molecule has 0 unspecified atom stereocenters. The molecule has 6 heterocycles. The lowest BCUT2D eigenvalue weighted by Gasteiger charge is -2.18. The molecule has 0 radical (unpaired) electrons. The Morgan fingerprint density at radius 1 is 0.557 bits per heavy atom. The summed E-state index contributed by atoms with van der Waals surface area (Å²) in [5.74, 6) is 0.727. The monoisotopic (exact) mass is 827 g/mol. The zero-order valence-electron chi connectivity index (χ0n) is 38.7. The molecule has 6 aromatic heterocycles. The molecule has 0 aliphatic rings. The van der Waals surface area contributed by atoms with Crippen LogP contribution in [-0.4, -0.2) is 38.3 Å². The lowest BCUT2D eigenvalue weighted by atomic mass is 9.94. The van der Waals surface area contributed by atoms with Gasteiger partial charge in [-0.2, -0.15) is 10.2 Å². The van der Waals surface area contributed by atoms with E-state index in [1.54, 1.807) is 12.1 Å². The van der Waals surface area contributed by atoms with Crippen molar-refractivity contribution in [3.8, 4) is 22.8 Å². The molecular formula is C51H64F2N8. The number of rotatable bonds is 11. The maximum Gasteiger partial charge on any atom is 0.158 e. The van der Waals surface area contributed by atoms with E-state index in [1.807, 2.05) is 48.0 Å². The van der Waals surface area contributed by atoms with Crippen LogP contribution in [0.3, 0.4) is 0 Å². The molecule has 8 nitrogen and oxygen atoms in total. The maximum absolute atomic E-state index is 15.2. The highest BCUT2D eigenvalue weighted by molar-refractivity contribution is 5.93. The lowest BCUT2D eigenvalue weighted by Crippen LogP contribution is -2.09. The van der Waals surface area contributed by atoms with Gasteiger partial charge in [-0.3, -0.25) is 0 Å². The van der Waals surface area contributed by atoms with E-state index in [9.17, 15) is 4.39 Å². The zero-order chi connectivity index (χ0) is 44.2. The number of nitrogens with zero attached hydrogens (tertiary/aromatic N) is 8. The van der Waals surface area contributed by atoms with Crippen LogP contribution in [0, 0.1) is 39.3 Å². The number of fused-ring (bicyclic) bond motifs is 4. The Hall–Kier alpha value is -5.38. The molecule has 0 spiro atoms. The van der Waals surface area contributed by atoms with E-state index in [0.717, 1.165) is 98.9 Å². The van der Waals surface area contributed by atoms with Crippen molar-refractivity contribution in [1.82, 2.24) is 38.3 Å². The van der Waals surface area contributed by atoms with Gasteiger partial charge in [0.15, 0.2) is 11.3 Å². The van der Waals surface area contributed by atoms with Crippen LogP contribution >= 0.6 is 0 Å². The van der Waals surface area contributed by atoms with E-state index in [1.165, 1.54) is 17.2 Å². The molecule has 0 saturated carbocycles. The molecule has 0 aliphatic carbocycles. The molecule has 2 aromatic carbocycles. The molecule has 0 aliphatic heterocycles. The van der Waals surface area contributed by atoms with Gasteiger partial charge in [-0.1, -0.05) is 65.8 Å². The average molecular weight is 827 g/mol. The van der Waals surface area contributed by atoms with E-state index >= 15 is 4.39 Å². The third-order valence-corrected chi connectivity index (χ3v) is 12.6. The van der Waals surface area contributed by atoms with Gasteiger partial charge in [-0.25, -0.2) is 27.8 Å². The van der Waals surface area contributed by atoms with Crippen molar-refractivity contribution in [2.24, 2.45) is 0 Å². The average Bonchev–Trinajstić information content (AvgIpc) is 3.94. The topological polar surface area (TPSA) is 70.2 Å². The van der Waals surface area contributed by atoms with Crippen LogP contribution in [0.1, 0.15) is 164 Å². The fraction of sp³-hybridized carbons (Fsp3) is 0.451. The van der Waals surface area contributed by atoms with Crippen LogP contribution in [0.4, 0.5) is 8.78 Å². The van der Waals surface area contributed by atoms with E-state index in [4.69, 9.17) is 20.2 Å². The summed E-state index contributed by atoms with van der Waals surface area (Å²) in [4.78, 5) is 9.97. The van der Waals surface area contributed by atoms with Crippen molar-refractivity contribution in [2.45, 2.75) is 152 Å². The first-order valence-corrected chi connectivity index (χ1v) is 22.4. The van der Waals surface area contributed by atoms with Crippen molar-refractivity contribution in [3.05, 3.63) is 106 Å². The maximum atomic E-state index is 15.2. The van der Waals surface area contributed by atoms with Crippen molar-refractivity contribution in [1.29, 1.82) is 0 Å². The Morgan fingerprint density at radius 3 is 1.52 bits per heavy atom. The van der Waals surface area contributed by atoms with Crippen LogP contribution in [-0.2, 0) is 0 Å². The molecule has 0 atom stereocenters. The molecule has 0 bridgehead atoms. The molecule has 8 rings (SSSR count). The highest BCUT2D eigenvalue weighted by Crippen LogP contribution is 2.43. The normalized spacial score (nSPS) is 12.3. The fourth-order valence-corrected chi connectivity index (χ4v) is 9.83. The molecule has 0 N–H and O–H groups in total. The predicted molar refractivity (Wildman–Crippen MR) is 248 cm³/mol. The van der Waals surface area contributed by atoms with Crippen LogP contribution in [0.2, 0.25) is 0 Å². The first kappa shape index (κ1) is 43.7. The Balaban J connectivity index is 0.000000185. The van der Waals surface area contributed by atoms with Crippen molar-refractivity contribution < 1.29 is 8.78 Å². The highest BCUT2D eigenvalue weighted by atomic mass is 19.1. The van der Waals surface area contributed by atoms with Crippen LogP contribution < -0.4 is 0 Å². The Morgan fingerprint density at radius 2 is 1.03 bits per heavy atom. The zero-order valence-corrected chi connectivity index (χ0v) is 38.7. The van der Waals surface area contributed by atoms with Gasteiger partial charge in [-0.15, -0.1) is 0 Å². The third kappa shape index (κ3) is 7.44. The number of hydrogen-bond donors (Lipinski definition) is 0. The summed E-state index contributed by atoms with van der Waals surface area (Å²) in [7, 11) is 0. The van der Waals surface area contributed by atoms with E-state index in [-0.39, 0.29) is 29.6 Å². The van der Waals surface area contributed by atoms with E-state index < -0.39 is 0 Å². The number of halogens is 2. The van der Waals surface area contributed by atoms with Crippen LogP contribution in [0.5, 0.6) is 0 Å². The summed E-state index contributed by atoms with van der Waals surface area (Å²) in [5, 5.41) is 11.6. The fourth-order valence-electron chi connectivity index (χ4n) is 9.83. The van der Waals surface area contributed by atoms with Gasteiger partial charge in [0.05, 0.1) is 45.2 Å². The SMILES string of the molecule is CCC(CC)c1cc(C)nn2c(-c3c(C(C)C)c4cccc(F)c4n3C(C)C)c(C)nc12.CCC(CC)c1cc(C)nn2c(-c3cc4cccc(F)c4n3C(C)C)c(C)nc12. The summed E-state index contributed by atoms with van der Waals surface area (Å²) >= 11 is 0. The molecule has 0 saturated heterocycles. The summed E-state index contributed by atoms with van der Waals surface area (Å²) in [5.41, 5.74) is 14.5. The second kappa shape index (κ2) is 17.2. The van der Waals surface area contributed by atoms with Crippen molar-refractivity contribution in [2.75, 3.05) is 0 Å². The van der Waals surface area contributed by atoms with Gasteiger partial charge in [0.25, 0.3) is 0 Å². The number of para-hydroxylation sites is 2. The second-order valence-electron chi connectivity index (χ2n) is 17.8. The standard InChI is InChI=1S/C27H35FN4.C24H29FN4/c1-9-19(10-2)21-14-17(7)30-32-24(18(8)29-27(21)32)26-23(15(3)4)20-12-11-13-22(28)25(20)31(26)16(5)6;1-7-17(8-2)19-12-15(5)27-29-22(16(6)26-24(19)29)21-13-18-10-9-11-20(25)23(18)28(21)14(3)4/h11-16,19H,9-10H2,1-8H3;9-14,17H,7-8H2,1-6H3. The summed E-state index contributed by atoms with van der Waals surface area (Å²) in [6, 6.07) is 17.3. The van der Waals surface area contributed by atoms with Crippen LogP contribution in [0.25, 0.3) is 55.9 Å². The molecule has 61 heavy (non-hydrogen) atoms. The largest absolute Gasteiger partial charge is 0.334 e. The highest BCUT2D eigenvalue weighted by Gasteiger charge is 2.30. The van der Waals surface area contributed by atoms with Crippen molar-refractivity contribution in [3.63, 3.8) is 0 Å². The van der Waals surface area contributed by atoms with Gasteiger partial charge in [0.1, 0.15) is 23.0 Å². The summed E-state index contributed by atoms with van der Waals surface area (Å²) < 4.78 is 38.1. The minimum atomic E-state index is -0.198. The van der Waals surface area contributed by atoms with E-state index in [0.29, 0.717) is 22.9 Å².